The van der Waals surface area contributed by atoms with Gasteiger partial charge in [0.05, 0.1) is 6.10 Å². The highest BCUT2D eigenvalue weighted by Gasteiger charge is 2.34. The summed E-state index contributed by atoms with van der Waals surface area (Å²) in [6.07, 6.45) is 4.29. The van der Waals surface area contributed by atoms with Gasteiger partial charge in [-0.15, -0.1) is 0 Å². The van der Waals surface area contributed by atoms with E-state index in [2.05, 4.69) is 35.3 Å². The number of ether oxygens (including phenoxy) is 1. The van der Waals surface area contributed by atoms with Crippen LogP contribution in [0.2, 0.25) is 0 Å². The molecular formula is C21H35N3O2. The van der Waals surface area contributed by atoms with E-state index in [0.29, 0.717) is 12.5 Å². The first-order chi connectivity index (χ1) is 12.7. The third-order valence-corrected chi connectivity index (χ3v) is 5.53. The molecule has 0 radical (unpaired) electrons. The fourth-order valence-electron chi connectivity index (χ4n) is 4.16. The molecule has 0 bridgehead atoms. The van der Waals surface area contributed by atoms with Crippen molar-refractivity contribution in [2.75, 3.05) is 32.7 Å². The molecule has 146 valence electrons. The molecule has 2 heterocycles. The molecule has 2 atom stereocenters. The lowest BCUT2D eigenvalue weighted by Crippen LogP contribution is -2.43. The van der Waals surface area contributed by atoms with E-state index < -0.39 is 0 Å². The fourth-order valence-corrected chi connectivity index (χ4v) is 4.16. The van der Waals surface area contributed by atoms with Crippen molar-refractivity contribution in [1.29, 1.82) is 0 Å². The first kappa shape index (κ1) is 20.9. The molecule has 3 N–H and O–H groups in total. The van der Waals surface area contributed by atoms with Crippen LogP contribution in [-0.2, 0) is 16.0 Å². The van der Waals surface area contributed by atoms with Gasteiger partial charge in [-0.1, -0.05) is 32.0 Å². The molecule has 0 saturated carbocycles. The Morgan fingerprint density at radius 3 is 2.69 bits per heavy atom. The molecule has 3 rings (SSSR count). The van der Waals surface area contributed by atoms with Crippen LogP contribution in [-0.4, -0.2) is 50.1 Å². The molecule has 5 nitrogen and oxygen atoms in total. The second kappa shape index (κ2) is 10.7. The lowest BCUT2D eigenvalue weighted by atomic mass is 9.82. The zero-order chi connectivity index (χ0) is 18.9. The summed E-state index contributed by atoms with van der Waals surface area (Å²) in [5.74, 6) is 0.588. The highest BCUT2D eigenvalue weighted by atomic mass is 16.5. The van der Waals surface area contributed by atoms with Gasteiger partial charge in [-0.25, -0.2) is 0 Å². The van der Waals surface area contributed by atoms with Crippen molar-refractivity contribution in [1.82, 2.24) is 10.2 Å². The van der Waals surface area contributed by atoms with E-state index >= 15 is 0 Å². The van der Waals surface area contributed by atoms with Gasteiger partial charge in [-0.2, -0.15) is 0 Å². The summed E-state index contributed by atoms with van der Waals surface area (Å²) < 4.78 is 6.44. The molecule has 0 aromatic heterocycles. The van der Waals surface area contributed by atoms with Crippen LogP contribution >= 0.6 is 0 Å². The van der Waals surface area contributed by atoms with Crippen molar-refractivity contribution < 1.29 is 9.53 Å². The van der Waals surface area contributed by atoms with E-state index in [1.165, 1.54) is 29.5 Å². The number of benzene rings is 1. The number of rotatable bonds is 6. The number of fused-ring (bicyclic) bond motifs is 1. The molecule has 2 aliphatic heterocycles. The second-order valence-corrected chi connectivity index (χ2v) is 7.00. The Labute approximate surface area is 158 Å². The van der Waals surface area contributed by atoms with Gasteiger partial charge >= 0.3 is 0 Å². The fraction of sp³-hybridized carbons (Fsp3) is 0.667. The topological polar surface area (TPSA) is 67.6 Å². The van der Waals surface area contributed by atoms with Crippen LogP contribution in [0.3, 0.4) is 0 Å². The smallest absolute Gasteiger partial charge is 0.207 e. The van der Waals surface area contributed by atoms with Crippen molar-refractivity contribution >= 4 is 6.41 Å². The van der Waals surface area contributed by atoms with Crippen molar-refractivity contribution in [2.45, 2.75) is 52.2 Å². The Hall–Kier alpha value is -1.43. The van der Waals surface area contributed by atoms with Crippen LogP contribution in [0.15, 0.2) is 18.2 Å². The standard InChI is InChI=1S/C19H29N3O2.C2H6/c1-14-3-2-4-16-17(14)11-18(24-19(16)12-21-13-23)15-5-8-22(9-6-15)10-7-20;1-2/h2-4,13,15,18-19H,5-12,20H2,1H3,(H,21,23);1-2H3/t18?,19-;/m0./s1. The van der Waals surface area contributed by atoms with Gasteiger partial charge in [0, 0.05) is 19.6 Å². The van der Waals surface area contributed by atoms with E-state index in [9.17, 15) is 4.79 Å². The lowest BCUT2D eigenvalue weighted by Gasteiger charge is -2.40. The molecule has 2 aliphatic rings. The van der Waals surface area contributed by atoms with Crippen molar-refractivity contribution in [3.8, 4) is 0 Å². The van der Waals surface area contributed by atoms with E-state index in [1.807, 2.05) is 13.8 Å². The van der Waals surface area contributed by atoms with Gasteiger partial charge < -0.3 is 20.7 Å². The van der Waals surface area contributed by atoms with Gasteiger partial charge in [0.15, 0.2) is 0 Å². The van der Waals surface area contributed by atoms with Gasteiger partial charge in [-0.05, 0) is 61.9 Å². The molecule has 1 saturated heterocycles. The maximum Gasteiger partial charge on any atom is 0.207 e. The Morgan fingerprint density at radius 1 is 1.31 bits per heavy atom. The number of carbonyl (C=O) groups is 1. The number of hydrogen-bond acceptors (Lipinski definition) is 4. The largest absolute Gasteiger partial charge is 0.368 e. The Kier molecular flexibility index (Phi) is 8.55. The SMILES string of the molecule is CC.Cc1cccc2c1CC(C1CCN(CCN)CC1)O[C@H]2CNC=O. The summed E-state index contributed by atoms with van der Waals surface area (Å²) in [6, 6.07) is 6.39. The van der Waals surface area contributed by atoms with Crippen LogP contribution < -0.4 is 11.1 Å². The molecule has 0 aliphatic carbocycles. The zero-order valence-corrected chi connectivity index (χ0v) is 16.5. The number of aryl methyl sites for hydroxylation is 1. The third-order valence-electron chi connectivity index (χ3n) is 5.53. The molecule has 0 spiro atoms. The monoisotopic (exact) mass is 361 g/mol. The van der Waals surface area contributed by atoms with Gasteiger partial charge in [-0.3, -0.25) is 4.79 Å². The molecule has 1 aromatic rings. The number of carbonyl (C=O) groups excluding carboxylic acids is 1. The summed E-state index contributed by atoms with van der Waals surface area (Å²) in [6.45, 7) is 10.7. The number of nitrogens with zero attached hydrogens (tertiary/aromatic N) is 1. The molecular weight excluding hydrogens is 326 g/mol. The van der Waals surface area contributed by atoms with Crippen LogP contribution in [0.4, 0.5) is 0 Å². The normalized spacial score (nSPS) is 23.5. The Morgan fingerprint density at radius 2 is 2.04 bits per heavy atom. The number of amides is 1. The first-order valence-electron chi connectivity index (χ1n) is 10.1. The quantitative estimate of drug-likeness (QED) is 0.764. The first-order valence-corrected chi connectivity index (χ1v) is 10.1. The summed E-state index contributed by atoms with van der Waals surface area (Å²) >= 11 is 0. The molecule has 26 heavy (non-hydrogen) atoms. The predicted molar refractivity (Wildman–Crippen MR) is 106 cm³/mol. The second-order valence-electron chi connectivity index (χ2n) is 7.00. The van der Waals surface area contributed by atoms with E-state index in [0.717, 1.165) is 39.0 Å². The maximum absolute atomic E-state index is 10.7. The Balaban J connectivity index is 0.00000117. The molecule has 1 fully saturated rings. The third kappa shape index (κ3) is 5.06. The van der Waals surface area contributed by atoms with E-state index in [4.69, 9.17) is 10.5 Å². The molecule has 5 heteroatoms. The van der Waals surface area contributed by atoms with Crippen LogP contribution in [0.25, 0.3) is 0 Å². The molecule has 1 amide bonds. The van der Waals surface area contributed by atoms with Gasteiger partial charge in [0.25, 0.3) is 0 Å². The van der Waals surface area contributed by atoms with E-state index in [-0.39, 0.29) is 12.2 Å². The summed E-state index contributed by atoms with van der Waals surface area (Å²) in [7, 11) is 0. The van der Waals surface area contributed by atoms with Crippen LogP contribution in [0.1, 0.15) is 49.5 Å². The molecule has 1 unspecified atom stereocenters. The highest BCUT2D eigenvalue weighted by Crippen LogP contribution is 2.37. The van der Waals surface area contributed by atoms with Crippen LogP contribution in [0.5, 0.6) is 0 Å². The number of likely N-dealkylation sites (tertiary alicyclic amines) is 1. The van der Waals surface area contributed by atoms with Crippen molar-refractivity contribution in [3.63, 3.8) is 0 Å². The highest BCUT2D eigenvalue weighted by molar-refractivity contribution is 5.46. The van der Waals surface area contributed by atoms with E-state index in [1.54, 1.807) is 0 Å². The number of nitrogens with one attached hydrogen (secondary N) is 1. The van der Waals surface area contributed by atoms with Gasteiger partial charge in [0.2, 0.25) is 6.41 Å². The number of nitrogens with two attached hydrogens (primary N) is 1. The number of piperidine rings is 1. The summed E-state index contributed by atoms with van der Waals surface area (Å²) in [4.78, 5) is 13.2. The molecule has 1 aromatic carbocycles. The number of hydrogen-bond donors (Lipinski definition) is 2. The predicted octanol–water partition coefficient (Wildman–Crippen LogP) is 2.42. The minimum Gasteiger partial charge on any atom is -0.368 e. The minimum absolute atomic E-state index is 0.0362. The summed E-state index contributed by atoms with van der Waals surface area (Å²) in [5.41, 5.74) is 9.65. The van der Waals surface area contributed by atoms with Crippen molar-refractivity contribution in [3.05, 3.63) is 34.9 Å². The van der Waals surface area contributed by atoms with Crippen molar-refractivity contribution in [2.24, 2.45) is 11.7 Å². The Bertz CT molecular complexity index is 556. The summed E-state index contributed by atoms with van der Waals surface area (Å²) in [5, 5.41) is 2.80. The average Bonchev–Trinajstić information content (AvgIpc) is 2.69. The maximum atomic E-state index is 10.7. The zero-order valence-electron chi connectivity index (χ0n) is 16.5. The van der Waals surface area contributed by atoms with Gasteiger partial charge in [0.1, 0.15) is 6.10 Å². The lowest BCUT2D eigenvalue weighted by molar-refractivity contribution is -0.111. The van der Waals surface area contributed by atoms with Crippen LogP contribution in [0, 0.1) is 12.8 Å². The average molecular weight is 362 g/mol. The minimum atomic E-state index is -0.0362.